The van der Waals surface area contributed by atoms with E-state index in [0.717, 1.165) is 61.7 Å². The molecule has 3 aromatic rings. The fourth-order valence-corrected chi connectivity index (χ4v) is 4.69. The summed E-state index contributed by atoms with van der Waals surface area (Å²) in [5, 5.41) is 1.73. The zero-order chi connectivity index (χ0) is 21.4. The Morgan fingerprint density at radius 3 is 2.23 bits per heavy atom. The van der Waals surface area contributed by atoms with Crippen molar-refractivity contribution in [3.63, 3.8) is 0 Å². The van der Waals surface area contributed by atoms with Crippen LogP contribution in [0, 0.1) is 0 Å². The molecule has 0 aliphatic heterocycles. The smallest absolute Gasteiger partial charge is 0.240 e. The van der Waals surface area contributed by atoms with Crippen LogP contribution in [0.3, 0.4) is 0 Å². The SMILES string of the molecule is NCCCN(CCCN)CCCCNS(=O)(=O)c1ccc2oc3ccccc3c2c1. The van der Waals surface area contributed by atoms with Crippen molar-refractivity contribution in [2.24, 2.45) is 11.5 Å². The zero-order valence-electron chi connectivity index (χ0n) is 17.3. The van der Waals surface area contributed by atoms with E-state index in [2.05, 4.69) is 9.62 Å². The Labute approximate surface area is 178 Å². The summed E-state index contributed by atoms with van der Waals surface area (Å²) in [5.74, 6) is 0. The molecule has 0 radical (unpaired) electrons. The first-order valence-electron chi connectivity index (χ1n) is 10.6. The van der Waals surface area contributed by atoms with Gasteiger partial charge >= 0.3 is 0 Å². The highest BCUT2D eigenvalue weighted by molar-refractivity contribution is 7.89. The van der Waals surface area contributed by atoms with Gasteiger partial charge in [0.2, 0.25) is 10.0 Å². The van der Waals surface area contributed by atoms with Crippen LogP contribution in [0.5, 0.6) is 0 Å². The monoisotopic (exact) mass is 432 g/mol. The van der Waals surface area contributed by atoms with E-state index < -0.39 is 10.0 Å². The van der Waals surface area contributed by atoms with Gasteiger partial charge in [-0.1, -0.05) is 18.2 Å². The Morgan fingerprint density at radius 2 is 1.50 bits per heavy atom. The Hall–Kier alpha value is -1.97. The van der Waals surface area contributed by atoms with Gasteiger partial charge < -0.3 is 20.8 Å². The second-order valence-corrected chi connectivity index (χ2v) is 9.25. The summed E-state index contributed by atoms with van der Waals surface area (Å²) in [4.78, 5) is 2.61. The molecule has 0 bridgehead atoms. The minimum absolute atomic E-state index is 0.258. The molecule has 30 heavy (non-hydrogen) atoms. The summed E-state index contributed by atoms with van der Waals surface area (Å²) in [6, 6.07) is 12.6. The molecule has 0 aliphatic rings. The molecule has 0 spiro atoms. The summed E-state index contributed by atoms with van der Waals surface area (Å²) in [5.41, 5.74) is 12.7. The fourth-order valence-electron chi connectivity index (χ4n) is 3.59. The number of para-hydroxylation sites is 1. The standard InChI is InChI=1S/C22H32N4O3S/c23-11-5-15-26(16-6-12-24)14-4-3-13-25-30(27,28)18-9-10-22-20(17-18)19-7-1-2-8-21(19)29-22/h1-2,7-10,17,25H,3-6,11-16,23-24H2. The van der Waals surface area contributed by atoms with Crippen molar-refractivity contribution in [3.8, 4) is 0 Å². The van der Waals surface area contributed by atoms with Gasteiger partial charge in [-0.15, -0.1) is 0 Å². The van der Waals surface area contributed by atoms with Gasteiger partial charge in [0.25, 0.3) is 0 Å². The van der Waals surface area contributed by atoms with Gasteiger partial charge in [-0.25, -0.2) is 13.1 Å². The number of hydrogen-bond acceptors (Lipinski definition) is 6. The molecule has 3 rings (SSSR count). The van der Waals surface area contributed by atoms with Crippen molar-refractivity contribution >= 4 is 32.0 Å². The first-order chi connectivity index (χ1) is 14.5. The molecule has 0 fully saturated rings. The molecular weight excluding hydrogens is 400 g/mol. The van der Waals surface area contributed by atoms with Gasteiger partial charge in [0.1, 0.15) is 11.2 Å². The average Bonchev–Trinajstić information content (AvgIpc) is 3.12. The molecule has 0 unspecified atom stereocenters. The number of nitrogens with two attached hydrogens (primary N) is 2. The molecule has 164 valence electrons. The molecule has 0 atom stereocenters. The van der Waals surface area contributed by atoms with E-state index in [1.54, 1.807) is 18.2 Å². The van der Waals surface area contributed by atoms with Gasteiger partial charge in [-0.3, -0.25) is 0 Å². The average molecular weight is 433 g/mol. The fraction of sp³-hybridized carbons (Fsp3) is 0.455. The molecule has 2 aromatic carbocycles. The minimum Gasteiger partial charge on any atom is -0.456 e. The molecule has 1 aromatic heterocycles. The van der Waals surface area contributed by atoms with E-state index in [1.165, 1.54) is 0 Å². The number of benzene rings is 2. The molecule has 0 amide bonds. The Balaban J connectivity index is 1.55. The van der Waals surface area contributed by atoms with Crippen LogP contribution in [-0.4, -0.2) is 52.6 Å². The van der Waals surface area contributed by atoms with Crippen molar-refractivity contribution < 1.29 is 12.8 Å². The molecule has 0 saturated carbocycles. The highest BCUT2D eigenvalue weighted by atomic mass is 32.2. The largest absolute Gasteiger partial charge is 0.456 e. The second kappa shape index (κ2) is 10.9. The third-order valence-corrected chi connectivity index (χ3v) is 6.67. The first kappa shape index (κ1) is 22.7. The lowest BCUT2D eigenvalue weighted by Crippen LogP contribution is -2.30. The van der Waals surface area contributed by atoms with E-state index >= 15 is 0 Å². The zero-order valence-corrected chi connectivity index (χ0v) is 18.2. The number of nitrogens with one attached hydrogen (secondary N) is 1. The van der Waals surface area contributed by atoms with Crippen LogP contribution in [0.1, 0.15) is 25.7 Å². The molecule has 7 nitrogen and oxygen atoms in total. The third-order valence-electron chi connectivity index (χ3n) is 5.21. The van der Waals surface area contributed by atoms with E-state index in [1.807, 2.05) is 24.3 Å². The molecule has 1 heterocycles. The Morgan fingerprint density at radius 1 is 0.833 bits per heavy atom. The van der Waals surface area contributed by atoms with Crippen LogP contribution in [-0.2, 0) is 10.0 Å². The first-order valence-corrected chi connectivity index (χ1v) is 12.1. The molecule has 0 aliphatic carbocycles. The molecule has 8 heteroatoms. The summed E-state index contributed by atoms with van der Waals surface area (Å²) >= 11 is 0. The summed E-state index contributed by atoms with van der Waals surface area (Å²) in [7, 11) is -3.57. The van der Waals surface area contributed by atoms with E-state index in [0.29, 0.717) is 25.2 Å². The number of rotatable bonds is 13. The highest BCUT2D eigenvalue weighted by Gasteiger charge is 2.16. The van der Waals surface area contributed by atoms with Gasteiger partial charge in [-0.05, 0) is 82.7 Å². The van der Waals surface area contributed by atoms with Crippen molar-refractivity contribution in [1.82, 2.24) is 9.62 Å². The van der Waals surface area contributed by atoms with Crippen LogP contribution in [0.2, 0.25) is 0 Å². The number of furan rings is 1. The Bertz CT molecular complexity index is 1040. The number of hydrogen-bond donors (Lipinski definition) is 3. The van der Waals surface area contributed by atoms with E-state index in [4.69, 9.17) is 15.9 Å². The maximum absolute atomic E-state index is 12.7. The van der Waals surface area contributed by atoms with Crippen molar-refractivity contribution in [3.05, 3.63) is 42.5 Å². The normalized spacial score (nSPS) is 12.4. The summed E-state index contributed by atoms with van der Waals surface area (Å²) in [6.45, 7) is 4.61. The van der Waals surface area contributed by atoms with Gasteiger partial charge in [0, 0.05) is 17.3 Å². The summed E-state index contributed by atoms with van der Waals surface area (Å²) in [6.07, 6.45) is 3.62. The molecule has 0 saturated heterocycles. The van der Waals surface area contributed by atoms with Crippen LogP contribution >= 0.6 is 0 Å². The quantitative estimate of drug-likeness (QED) is 0.358. The van der Waals surface area contributed by atoms with Crippen LogP contribution in [0.4, 0.5) is 0 Å². The van der Waals surface area contributed by atoms with Crippen LogP contribution in [0.15, 0.2) is 51.8 Å². The topological polar surface area (TPSA) is 115 Å². The number of unbranched alkanes of at least 4 members (excludes halogenated alkanes) is 1. The molecular formula is C22H32N4O3S. The van der Waals surface area contributed by atoms with Crippen molar-refractivity contribution in [2.75, 3.05) is 39.3 Å². The van der Waals surface area contributed by atoms with Gasteiger partial charge in [0.05, 0.1) is 4.90 Å². The number of sulfonamides is 1. The van der Waals surface area contributed by atoms with Gasteiger partial charge in [-0.2, -0.15) is 0 Å². The lowest BCUT2D eigenvalue weighted by atomic mass is 10.1. The minimum atomic E-state index is -3.57. The number of nitrogens with zero attached hydrogens (tertiary/aromatic N) is 1. The Kier molecular flexibility index (Phi) is 8.24. The maximum atomic E-state index is 12.7. The number of fused-ring (bicyclic) bond motifs is 3. The highest BCUT2D eigenvalue weighted by Crippen LogP contribution is 2.30. The molecule has 5 N–H and O–H groups in total. The van der Waals surface area contributed by atoms with Crippen LogP contribution in [0.25, 0.3) is 21.9 Å². The lowest BCUT2D eigenvalue weighted by molar-refractivity contribution is 0.265. The second-order valence-electron chi connectivity index (χ2n) is 7.49. The predicted molar refractivity (Wildman–Crippen MR) is 122 cm³/mol. The third kappa shape index (κ3) is 5.80. The maximum Gasteiger partial charge on any atom is 0.240 e. The van der Waals surface area contributed by atoms with Crippen LogP contribution < -0.4 is 16.2 Å². The van der Waals surface area contributed by atoms with E-state index in [-0.39, 0.29) is 4.90 Å². The van der Waals surface area contributed by atoms with Crippen molar-refractivity contribution in [1.29, 1.82) is 0 Å². The van der Waals surface area contributed by atoms with Crippen molar-refractivity contribution in [2.45, 2.75) is 30.6 Å². The van der Waals surface area contributed by atoms with E-state index in [9.17, 15) is 8.42 Å². The predicted octanol–water partition coefficient (Wildman–Crippen LogP) is 2.64. The lowest BCUT2D eigenvalue weighted by Gasteiger charge is -2.21. The summed E-state index contributed by atoms with van der Waals surface area (Å²) < 4.78 is 34.0. The van der Waals surface area contributed by atoms with Gasteiger partial charge in [0.15, 0.2) is 0 Å².